The number of carbonyl (C=O) groups is 1. The van der Waals surface area contributed by atoms with Crippen LogP contribution < -0.4 is 15.2 Å². The smallest absolute Gasteiger partial charge is 0.320 e. The molecule has 0 spiro atoms. The maximum Gasteiger partial charge on any atom is 0.320 e. The molecule has 0 radical (unpaired) electrons. The van der Waals surface area contributed by atoms with E-state index in [1.165, 1.54) is 12.1 Å². The van der Waals surface area contributed by atoms with E-state index >= 15 is 0 Å². The summed E-state index contributed by atoms with van der Waals surface area (Å²) in [6.45, 7) is 0.528. The lowest BCUT2D eigenvalue weighted by Gasteiger charge is -2.19. The van der Waals surface area contributed by atoms with Crippen LogP contribution in [0.1, 0.15) is 5.56 Å². The Balaban J connectivity index is 2.38. The first-order valence-electron chi connectivity index (χ1n) is 5.54. The molecule has 19 heavy (non-hydrogen) atoms. The van der Waals surface area contributed by atoms with Gasteiger partial charge in [-0.3, -0.25) is 14.9 Å². The fourth-order valence-corrected chi connectivity index (χ4v) is 1.79. The van der Waals surface area contributed by atoms with Crippen molar-refractivity contribution in [2.75, 3.05) is 13.2 Å². The number of carboxylic acids is 1. The van der Waals surface area contributed by atoms with Gasteiger partial charge in [-0.2, -0.15) is 0 Å². The number of ether oxygens (including phenoxy) is 2. The molecule has 3 N–H and O–H groups in total. The van der Waals surface area contributed by atoms with Crippen molar-refractivity contribution in [1.82, 2.24) is 0 Å². The molecule has 1 aliphatic heterocycles. The molecule has 102 valence electrons. The molecule has 1 atom stereocenters. The third-order valence-electron chi connectivity index (χ3n) is 2.65. The summed E-state index contributed by atoms with van der Waals surface area (Å²) in [5.74, 6) is -0.852. The van der Waals surface area contributed by atoms with Crippen molar-refractivity contribution in [3.05, 3.63) is 27.8 Å². The quantitative estimate of drug-likeness (QED) is 0.595. The monoisotopic (exact) mass is 268 g/mol. The van der Waals surface area contributed by atoms with Crippen molar-refractivity contribution < 1.29 is 24.3 Å². The van der Waals surface area contributed by atoms with Crippen LogP contribution in [-0.4, -0.2) is 35.3 Å². The second-order valence-electron chi connectivity index (χ2n) is 4.05. The number of nitrogens with zero attached hydrogens (tertiary/aromatic N) is 1. The van der Waals surface area contributed by atoms with Crippen molar-refractivity contribution in [3.63, 3.8) is 0 Å². The molecule has 1 unspecified atom stereocenters. The third kappa shape index (κ3) is 2.74. The minimum atomic E-state index is -1.17. The van der Waals surface area contributed by atoms with E-state index < -0.39 is 16.9 Å². The maximum atomic E-state index is 11.0. The first-order chi connectivity index (χ1) is 8.99. The fourth-order valence-electron chi connectivity index (χ4n) is 1.79. The summed E-state index contributed by atoms with van der Waals surface area (Å²) < 4.78 is 10.5. The van der Waals surface area contributed by atoms with E-state index in [0.29, 0.717) is 12.2 Å². The van der Waals surface area contributed by atoms with Crippen LogP contribution in [0.2, 0.25) is 0 Å². The average Bonchev–Trinajstić information content (AvgIpc) is 2.37. The second-order valence-corrected chi connectivity index (χ2v) is 4.05. The van der Waals surface area contributed by atoms with Gasteiger partial charge >= 0.3 is 11.7 Å². The zero-order chi connectivity index (χ0) is 14.0. The number of benzene rings is 1. The normalized spacial score (nSPS) is 14.8. The number of nitrogens with two attached hydrogens (primary N) is 1. The van der Waals surface area contributed by atoms with Gasteiger partial charge in [0.2, 0.25) is 5.75 Å². The molecule has 1 aliphatic rings. The van der Waals surface area contributed by atoms with Crippen LogP contribution in [0.3, 0.4) is 0 Å². The molecule has 8 heteroatoms. The van der Waals surface area contributed by atoms with E-state index in [1.807, 2.05) is 0 Å². The predicted octanol–water partition coefficient (Wildman–Crippen LogP) is 0.320. The lowest BCUT2D eigenvalue weighted by Crippen LogP contribution is -2.32. The summed E-state index contributed by atoms with van der Waals surface area (Å²) >= 11 is 0. The van der Waals surface area contributed by atoms with Gasteiger partial charge in [-0.25, -0.2) is 0 Å². The Kier molecular flexibility index (Phi) is 3.52. The van der Waals surface area contributed by atoms with Gasteiger partial charge in [0, 0.05) is 6.07 Å². The van der Waals surface area contributed by atoms with Gasteiger partial charge in [0.1, 0.15) is 19.3 Å². The molecule has 0 bridgehead atoms. The van der Waals surface area contributed by atoms with Crippen molar-refractivity contribution in [3.8, 4) is 11.5 Å². The highest BCUT2D eigenvalue weighted by molar-refractivity contribution is 5.73. The summed E-state index contributed by atoms with van der Waals surface area (Å²) in [6, 6.07) is 1.66. The Labute approximate surface area is 107 Å². The average molecular weight is 268 g/mol. The van der Waals surface area contributed by atoms with Crippen LogP contribution in [0.4, 0.5) is 5.69 Å². The molecule has 0 amide bonds. The van der Waals surface area contributed by atoms with Crippen LogP contribution in [0.15, 0.2) is 12.1 Å². The van der Waals surface area contributed by atoms with Crippen LogP contribution in [0.5, 0.6) is 11.5 Å². The van der Waals surface area contributed by atoms with E-state index in [1.54, 1.807) is 0 Å². The zero-order valence-corrected chi connectivity index (χ0v) is 9.87. The van der Waals surface area contributed by atoms with E-state index in [9.17, 15) is 14.9 Å². The highest BCUT2D eigenvalue weighted by Gasteiger charge is 2.26. The molecular formula is C11H12N2O6. The highest BCUT2D eigenvalue weighted by Crippen LogP contribution is 2.40. The van der Waals surface area contributed by atoms with Gasteiger partial charge in [0.15, 0.2) is 5.75 Å². The first-order valence-corrected chi connectivity index (χ1v) is 5.54. The van der Waals surface area contributed by atoms with Crippen molar-refractivity contribution >= 4 is 11.7 Å². The van der Waals surface area contributed by atoms with Gasteiger partial charge in [-0.1, -0.05) is 0 Å². The summed E-state index contributed by atoms with van der Waals surface area (Å²) in [4.78, 5) is 21.1. The molecule has 0 saturated carbocycles. The topological polar surface area (TPSA) is 125 Å². The van der Waals surface area contributed by atoms with Crippen molar-refractivity contribution in [2.24, 2.45) is 5.73 Å². The van der Waals surface area contributed by atoms with Gasteiger partial charge in [-0.15, -0.1) is 0 Å². The molecule has 0 saturated heterocycles. The van der Waals surface area contributed by atoms with Crippen molar-refractivity contribution in [1.29, 1.82) is 0 Å². The molecule has 1 aromatic carbocycles. The first kappa shape index (κ1) is 13.1. The maximum absolute atomic E-state index is 11.0. The molecule has 0 aromatic heterocycles. The van der Waals surface area contributed by atoms with E-state index in [0.717, 1.165) is 0 Å². The second kappa shape index (κ2) is 5.11. The number of nitro groups is 1. The number of aliphatic carboxylic acids is 1. The molecule has 2 rings (SSSR count). The largest absolute Gasteiger partial charge is 0.486 e. The molecule has 0 fully saturated rings. The fraction of sp³-hybridized carbons (Fsp3) is 0.364. The summed E-state index contributed by atoms with van der Waals surface area (Å²) in [6.07, 6.45) is -0.0210. The van der Waals surface area contributed by atoms with Crippen LogP contribution >= 0.6 is 0 Å². The Bertz CT molecular complexity index is 530. The standard InChI is InChI=1S/C11H12N2O6/c12-7(11(14)15)3-6-4-8(13(16)17)10-9(5-6)18-1-2-19-10/h4-5,7H,1-3,12H2,(H,14,15). The van der Waals surface area contributed by atoms with Crippen LogP contribution in [0.25, 0.3) is 0 Å². The Morgan fingerprint density at radius 2 is 2.16 bits per heavy atom. The molecule has 1 aromatic rings. The molecule has 1 heterocycles. The number of nitro benzene ring substituents is 1. The summed E-state index contributed by atoms with van der Waals surface area (Å²) in [5.41, 5.74) is 5.59. The lowest BCUT2D eigenvalue weighted by molar-refractivity contribution is -0.386. The number of hydrogen-bond acceptors (Lipinski definition) is 6. The Hall–Kier alpha value is -2.35. The summed E-state index contributed by atoms with van der Waals surface area (Å²) in [7, 11) is 0. The van der Waals surface area contributed by atoms with E-state index in [4.69, 9.17) is 20.3 Å². The number of hydrogen-bond donors (Lipinski definition) is 2. The van der Waals surface area contributed by atoms with E-state index in [-0.39, 0.29) is 30.2 Å². The van der Waals surface area contributed by atoms with Gasteiger partial charge in [0.05, 0.1) is 4.92 Å². The van der Waals surface area contributed by atoms with Gasteiger partial charge in [-0.05, 0) is 18.1 Å². The Morgan fingerprint density at radius 1 is 1.47 bits per heavy atom. The molecule has 0 aliphatic carbocycles. The predicted molar refractivity (Wildman–Crippen MR) is 63.4 cm³/mol. The molecular weight excluding hydrogens is 256 g/mol. The summed E-state index contributed by atoms with van der Waals surface area (Å²) in [5, 5.41) is 19.7. The molecule has 8 nitrogen and oxygen atoms in total. The minimum absolute atomic E-state index is 0.0210. The lowest BCUT2D eigenvalue weighted by atomic mass is 10.0. The number of rotatable bonds is 4. The van der Waals surface area contributed by atoms with Gasteiger partial charge in [0.25, 0.3) is 0 Å². The van der Waals surface area contributed by atoms with Crippen molar-refractivity contribution in [2.45, 2.75) is 12.5 Å². The van der Waals surface area contributed by atoms with E-state index in [2.05, 4.69) is 0 Å². The Morgan fingerprint density at radius 3 is 2.79 bits per heavy atom. The number of fused-ring (bicyclic) bond motifs is 1. The van der Waals surface area contributed by atoms with Gasteiger partial charge < -0.3 is 20.3 Å². The SMILES string of the molecule is NC(Cc1cc2c(c([N+](=O)[O-])c1)OCCO2)C(=O)O. The number of carboxylic acid groups (broad SMARTS) is 1. The third-order valence-corrected chi connectivity index (χ3v) is 2.65. The van der Waals surface area contributed by atoms with Crippen LogP contribution in [-0.2, 0) is 11.2 Å². The van der Waals surface area contributed by atoms with Crippen LogP contribution in [0, 0.1) is 10.1 Å². The minimum Gasteiger partial charge on any atom is -0.486 e. The highest BCUT2D eigenvalue weighted by atomic mass is 16.6. The zero-order valence-electron chi connectivity index (χ0n) is 9.87.